The van der Waals surface area contributed by atoms with Crippen molar-refractivity contribution in [3.05, 3.63) is 59.5 Å². The Morgan fingerprint density at radius 1 is 1.28 bits per heavy atom. The lowest BCUT2D eigenvalue weighted by Gasteiger charge is -2.08. The lowest BCUT2D eigenvalue weighted by atomic mass is 10.2. The number of halogens is 2. The predicted molar refractivity (Wildman–Crippen MR) is 82.5 cm³/mol. The van der Waals surface area contributed by atoms with Crippen LogP contribution in [0.4, 0.5) is 8.78 Å². The van der Waals surface area contributed by atoms with E-state index in [1.807, 2.05) is 0 Å². The standard InChI is InChI=1S/C17H12F2N4O2/c1-10(18)16-22-23-17(25-16)11-5-6-12(21-8-11)9-24-15-4-2-3-14(19)13(15)7-20/h2-6,8,10H,9H2,1H3. The molecule has 0 bridgehead atoms. The lowest BCUT2D eigenvalue weighted by molar-refractivity contribution is 0.298. The zero-order valence-electron chi connectivity index (χ0n) is 13.1. The second kappa shape index (κ2) is 7.05. The van der Waals surface area contributed by atoms with Gasteiger partial charge in [-0.25, -0.2) is 8.78 Å². The Kier molecular flexibility index (Phi) is 4.66. The van der Waals surface area contributed by atoms with Crippen LogP contribution in [0.1, 0.15) is 30.2 Å². The first-order valence-electron chi connectivity index (χ1n) is 7.32. The van der Waals surface area contributed by atoms with Crippen molar-refractivity contribution < 1.29 is 17.9 Å². The number of alkyl halides is 1. The van der Waals surface area contributed by atoms with E-state index in [1.54, 1.807) is 18.2 Å². The molecule has 6 nitrogen and oxygen atoms in total. The van der Waals surface area contributed by atoms with E-state index in [4.69, 9.17) is 14.4 Å². The molecule has 0 N–H and O–H groups in total. The van der Waals surface area contributed by atoms with Crippen LogP contribution in [0, 0.1) is 17.1 Å². The highest BCUT2D eigenvalue weighted by atomic mass is 19.1. The number of ether oxygens (including phenoxy) is 1. The van der Waals surface area contributed by atoms with Crippen LogP contribution >= 0.6 is 0 Å². The van der Waals surface area contributed by atoms with E-state index in [2.05, 4.69) is 15.2 Å². The number of aromatic nitrogens is 3. The Morgan fingerprint density at radius 2 is 2.12 bits per heavy atom. The van der Waals surface area contributed by atoms with Gasteiger partial charge in [0.2, 0.25) is 5.89 Å². The second-order valence-electron chi connectivity index (χ2n) is 5.11. The Morgan fingerprint density at radius 3 is 2.76 bits per heavy atom. The van der Waals surface area contributed by atoms with Crippen LogP contribution in [0.25, 0.3) is 11.5 Å². The fraction of sp³-hybridized carbons (Fsp3) is 0.176. The van der Waals surface area contributed by atoms with Crippen LogP contribution in [0.5, 0.6) is 5.75 Å². The molecule has 2 heterocycles. The van der Waals surface area contributed by atoms with Crippen molar-refractivity contribution in [2.75, 3.05) is 0 Å². The highest BCUT2D eigenvalue weighted by Crippen LogP contribution is 2.23. The molecule has 2 aromatic heterocycles. The average Bonchev–Trinajstić information content (AvgIpc) is 3.11. The van der Waals surface area contributed by atoms with Crippen LogP contribution in [-0.4, -0.2) is 15.2 Å². The minimum atomic E-state index is -1.34. The van der Waals surface area contributed by atoms with Crippen molar-refractivity contribution in [1.29, 1.82) is 5.26 Å². The normalized spacial score (nSPS) is 11.8. The second-order valence-corrected chi connectivity index (χ2v) is 5.11. The van der Waals surface area contributed by atoms with Crippen LogP contribution in [-0.2, 0) is 6.61 Å². The number of pyridine rings is 1. The number of hydrogen-bond acceptors (Lipinski definition) is 6. The molecule has 0 amide bonds. The summed E-state index contributed by atoms with van der Waals surface area (Å²) in [6.45, 7) is 1.35. The largest absolute Gasteiger partial charge is 0.486 e. The molecule has 0 saturated carbocycles. The van der Waals surface area contributed by atoms with Crippen LogP contribution in [0.15, 0.2) is 40.9 Å². The van der Waals surface area contributed by atoms with Gasteiger partial charge in [-0.1, -0.05) is 6.07 Å². The average molecular weight is 342 g/mol. The highest BCUT2D eigenvalue weighted by Gasteiger charge is 2.14. The summed E-state index contributed by atoms with van der Waals surface area (Å²) in [4.78, 5) is 4.18. The molecule has 1 atom stereocenters. The van der Waals surface area contributed by atoms with Gasteiger partial charge in [-0.3, -0.25) is 4.98 Å². The van der Waals surface area contributed by atoms with Crippen molar-refractivity contribution in [2.45, 2.75) is 19.7 Å². The first-order valence-corrected chi connectivity index (χ1v) is 7.32. The zero-order valence-corrected chi connectivity index (χ0v) is 13.1. The maximum Gasteiger partial charge on any atom is 0.250 e. The van der Waals surface area contributed by atoms with Gasteiger partial charge in [0.25, 0.3) is 5.89 Å². The number of benzene rings is 1. The summed E-state index contributed by atoms with van der Waals surface area (Å²) in [7, 11) is 0. The van der Waals surface area contributed by atoms with Crippen molar-refractivity contribution >= 4 is 0 Å². The molecule has 126 valence electrons. The monoisotopic (exact) mass is 342 g/mol. The van der Waals surface area contributed by atoms with Gasteiger partial charge in [0.05, 0.1) is 11.3 Å². The molecule has 1 unspecified atom stereocenters. The summed E-state index contributed by atoms with van der Waals surface area (Å²) in [5, 5.41) is 16.3. The van der Waals surface area contributed by atoms with E-state index in [0.29, 0.717) is 11.3 Å². The lowest BCUT2D eigenvalue weighted by Crippen LogP contribution is -2.00. The van der Waals surface area contributed by atoms with Gasteiger partial charge in [0.1, 0.15) is 29.8 Å². The Labute approximate surface area is 141 Å². The number of nitrogens with zero attached hydrogens (tertiary/aromatic N) is 4. The van der Waals surface area contributed by atoms with Gasteiger partial charge in [0.15, 0.2) is 6.17 Å². The number of nitriles is 1. The zero-order chi connectivity index (χ0) is 17.8. The van der Waals surface area contributed by atoms with Gasteiger partial charge < -0.3 is 9.15 Å². The number of hydrogen-bond donors (Lipinski definition) is 0. The molecular formula is C17H12F2N4O2. The summed E-state index contributed by atoms with van der Waals surface area (Å²) in [6.07, 6.45) is 0.137. The van der Waals surface area contributed by atoms with Crippen LogP contribution < -0.4 is 4.74 Å². The Hall–Kier alpha value is -3.34. The minimum absolute atomic E-state index is 0.0506. The molecular weight excluding hydrogens is 330 g/mol. The van der Waals surface area contributed by atoms with E-state index in [9.17, 15) is 8.78 Å². The van der Waals surface area contributed by atoms with Gasteiger partial charge in [-0.15, -0.1) is 10.2 Å². The predicted octanol–water partition coefficient (Wildman–Crippen LogP) is 3.75. The summed E-state index contributed by atoms with van der Waals surface area (Å²) in [5.41, 5.74) is 0.931. The van der Waals surface area contributed by atoms with Gasteiger partial charge in [0, 0.05) is 6.20 Å². The molecule has 1 aromatic carbocycles. The number of rotatable bonds is 5. The molecule has 0 saturated heterocycles. The van der Waals surface area contributed by atoms with Crippen molar-refractivity contribution in [3.8, 4) is 23.3 Å². The minimum Gasteiger partial charge on any atom is -0.486 e. The van der Waals surface area contributed by atoms with Gasteiger partial charge in [-0.2, -0.15) is 5.26 Å². The third kappa shape index (κ3) is 3.61. The third-order valence-corrected chi connectivity index (χ3v) is 3.32. The molecule has 3 rings (SSSR count). The SMILES string of the molecule is CC(F)c1nnc(-c2ccc(COc3cccc(F)c3C#N)nc2)o1. The summed E-state index contributed by atoms with van der Waals surface area (Å²) >= 11 is 0. The highest BCUT2D eigenvalue weighted by molar-refractivity contribution is 5.50. The molecule has 0 aliphatic heterocycles. The molecule has 8 heteroatoms. The van der Waals surface area contributed by atoms with Crippen molar-refractivity contribution in [2.24, 2.45) is 0 Å². The molecule has 0 spiro atoms. The Balaban J connectivity index is 1.71. The van der Waals surface area contributed by atoms with E-state index < -0.39 is 12.0 Å². The summed E-state index contributed by atoms with van der Waals surface area (Å²) < 4.78 is 37.3. The maximum absolute atomic E-state index is 13.5. The topological polar surface area (TPSA) is 84.8 Å². The molecule has 0 aliphatic carbocycles. The van der Waals surface area contributed by atoms with E-state index in [1.165, 1.54) is 31.3 Å². The van der Waals surface area contributed by atoms with E-state index >= 15 is 0 Å². The van der Waals surface area contributed by atoms with Crippen LogP contribution in [0.3, 0.4) is 0 Å². The van der Waals surface area contributed by atoms with E-state index in [0.717, 1.165) is 0 Å². The van der Waals surface area contributed by atoms with E-state index in [-0.39, 0.29) is 29.7 Å². The van der Waals surface area contributed by atoms with Crippen molar-refractivity contribution in [1.82, 2.24) is 15.2 Å². The third-order valence-electron chi connectivity index (χ3n) is 3.32. The summed E-state index contributed by atoms with van der Waals surface area (Å²) in [6, 6.07) is 9.25. The Bertz CT molecular complexity index is 917. The fourth-order valence-corrected chi connectivity index (χ4v) is 2.03. The first kappa shape index (κ1) is 16.5. The quantitative estimate of drug-likeness (QED) is 0.702. The van der Waals surface area contributed by atoms with Crippen LogP contribution in [0.2, 0.25) is 0 Å². The fourth-order valence-electron chi connectivity index (χ4n) is 2.03. The molecule has 0 fully saturated rings. The van der Waals surface area contributed by atoms with Gasteiger partial charge in [-0.05, 0) is 31.2 Å². The smallest absolute Gasteiger partial charge is 0.250 e. The molecule has 3 aromatic rings. The summed E-state index contributed by atoms with van der Waals surface area (Å²) in [5.74, 6) is -0.432. The van der Waals surface area contributed by atoms with Crippen molar-refractivity contribution in [3.63, 3.8) is 0 Å². The van der Waals surface area contributed by atoms with Gasteiger partial charge >= 0.3 is 0 Å². The maximum atomic E-state index is 13.5. The molecule has 0 aliphatic rings. The molecule has 0 radical (unpaired) electrons. The molecule has 25 heavy (non-hydrogen) atoms. The first-order chi connectivity index (χ1) is 12.1.